The van der Waals surface area contributed by atoms with E-state index in [0.717, 1.165) is 66.7 Å². The van der Waals surface area contributed by atoms with Crippen molar-refractivity contribution in [2.45, 2.75) is 0 Å². The molecule has 9 rings (SSSR count). The molecule has 0 atom stereocenters. The minimum atomic E-state index is 0.873. The molecule has 0 aliphatic heterocycles. The van der Waals surface area contributed by atoms with Gasteiger partial charge in [0, 0.05) is 32.9 Å². The second-order valence-corrected chi connectivity index (χ2v) is 10.9. The number of hydrogen-bond donors (Lipinski definition) is 0. The fourth-order valence-corrected chi connectivity index (χ4v) is 6.53. The number of furan rings is 2. The Hall–Kier alpha value is -5.80. The van der Waals surface area contributed by atoms with Gasteiger partial charge in [-0.1, -0.05) is 103 Å². The monoisotopic (exact) mass is 551 g/mol. The van der Waals surface area contributed by atoms with Crippen LogP contribution in [-0.2, 0) is 0 Å². The molecule has 0 aliphatic carbocycles. The minimum Gasteiger partial charge on any atom is -0.456 e. The van der Waals surface area contributed by atoms with Crippen LogP contribution in [0.15, 0.2) is 160 Å². The van der Waals surface area contributed by atoms with E-state index in [2.05, 4.69) is 126 Å². The third kappa shape index (κ3) is 3.68. The largest absolute Gasteiger partial charge is 0.456 e. The molecule has 0 N–H and O–H groups in total. The van der Waals surface area contributed by atoms with E-state index in [1.165, 1.54) is 16.2 Å². The summed E-state index contributed by atoms with van der Waals surface area (Å²) in [6.07, 6.45) is 0. The Morgan fingerprint density at radius 3 is 1.79 bits per heavy atom. The lowest BCUT2D eigenvalue weighted by atomic mass is 9.95. The van der Waals surface area contributed by atoms with E-state index in [0.29, 0.717) is 0 Å². The van der Waals surface area contributed by atoms with Crippen molar-refractivity contribution in [1.82, 2.24) is 0 Å². The summed E-state index contributed by atoms with van der Waals surface area (Å²) in [5, 5.41) is 6.95. The first-order valence-corrected chi connectivity index (χ1v) is 14.5. The van der Waals surface area contributed by atoms with Crippen molar-refractivity contribution >= 4 is 71.7 Å². The fraction of sp³-hybridized carbons (Fsp3) is 0. The highest BCUT2D eigenvalue weighted by Crippen LogP contribution is 2.44. The Morgan fingerprint density at radius 1 is 0.395 bits per heavy atom. The van der Waals surface area contributed by atoms with Crippen LogP contribution < -0.4 is 4.90 Å². The minimum absolute atomic E-state index is 0.873. The summed E-state index contributed by atoms with van der Waals surface area (Å²) < 4.78 is 12.8. The Labute approximate surface area is 247 Å². The maximum Gasteiger partial charge on any atom is 0.159 e. The maximum atomic E-state index is 6.46. The van der Waals surface area contributed by atoms with Gasteiger partial charge in [0.1, 0.15) is 16.7 Å². The van der Waals surface area contributed by atoms with Crippen LogP contribution in [0.25, 0.3) is 65.8 Å². The van der Waals surface area contributed by atoms with Gasteiger partial charge in [0.2, 0.25) is 0 Å². The number of hydrogen-bond acceptors (Lipinski definition) is 3. The van der Waals surface area contributed by atoms with E-state index in [-0.39, 0.29) is 0 Å². The fourth-order valence-electron chi connectivity index (χ4n) is 6.53. The van der Waals surface area contributed by atoms with Gasteiger partial charge in [-0.3, -0.25) is 0 Å². The summed E-state index contributed by atoms with van der Waals surface area (Å²) in [5.41, 5.74) is 8.99. The molecule has 2 aromatic heterocycles. The van der Waals surface area contributed by atoms with Gasteiger partial charge in [0.25, 0.3) is 0 Å². The number of fused-ring (bicyclic) bond motifs is 8. The van der Waals surface area contributed by atoms with Crippen LogP contribution >= 0.6 is 0 Å². The van der Waals surface area contributed by atoms with Crippen molar-refractivity contribution in [1.29, 1.82) is 0 Å². The normalized spacial score (nSPS) is 11.7. The standard InChI is InChI=1S/C40H25NO2/c1-2-11-27(12-3-1)41(35-18-10-17-32-30-14-6-8-19-36(30)43-40(32)35)28-23-21-26(22-24-28)34-25-38-39(31-15-5-4-13-29(31)34)33-16-7-9-20-37(33)42-38/h1-25H. The highest BCUT2D eigenvalue weighted by atomic mass is 16.3. The Kier molecular flexibility index (Phi) is 5.20. The molecule has 0 amide bonds. The summed E-state index contributed by atoms with van der Waals surface area (Å²) in [4.78, 5) is 2.27. The molecule has 0 aliphatic rings. The summed E-state index contributed by atoms with van der Waals surface area (Å²) in [5.74, 6) is 0. The van der Waals surface area contributed by atoms with Gasteiger partial charge in [-0.05, 0) is 70.4 Å². The molecule has 0 unspecified atom stereocenters. The topological polar surface area (TPSA) is 29.5 Å². The number of nitrogens with zero attached hydrogens (tertiary/aromatic N) is 1. The first kappa shape index (κ1) is 23.9. The third-order valence-corrected chi connectivity index (χ3v) is 8.46. The molecule has 7 aromatic carbocycles. The maximum absolute atomic E-state index is 6.46. The van der Waals surface area contributed by atoms with Gasteiger partial charge in [0.15, 0.2) is 5.58 Å². The zero-order valence-electron chi connectivity index (χ0n) is 23.2. The van der Waals surface area contributed by atoms with Crippen molar-refractivity contribution < 1.29 is 8.83 Å². The highest BCUT2D eigenvalue weighted by Gasteiger charge is 2.20. The van der Waals surface area contributed by atoms with Gasteiger partial charge >= 0.3 is 0 Å². The van der Waals surface area contributed by atoms with Crippen LogP contribution in [-0.4, -0.2) is 0 Å². The average molecular weight is 552 g/mol. The summed E-state index contributed by atoms with van der Waals surface area (Å²) in [6, 6.07) is 53.0. The molecule has 0 saturated heterocycles. The van der Waals surface area contributed by atoms with Gasteiger partial charge < -0.3 is 13.7 Å². The first-order chi connectivity index (χ1) is 21.3. The summed E-state index contributed by atoms with van der Waals surface area (Å²) in [7, 11) is 0. The van der Waals surface area contributed by atoms with Gasteiger partial charge in [0.05, 0.1) is 5.69 Å². The van der Waals surface area contributed by atoms with E-state index in [4.69, 9.17) is 8.83 Å². The van der Waals surface area contributed by atoms with E-state index in [9.17, 15) is 0 Å². The van der Waals surface area contributed by atoms with Crippen LogP contribution in [0, 0.1) is 0 Å². The summed E-state index contributed by atoms with van der Waals surface area (Å²) in [6.45, 7) is 0. The number of para-hydroxylation sites is 4. The van der Waals surface area contributed by atoms with E-state index in [1.54, 1.807) is 0 Å². The molecule has 2 heterocycles. The number of benzene rings is 7. The Balaban J connectivity index is 1.23. The molecule has 0 bridgehead atoms. The van der Waals surface area contributed by atoms with Crippen LogP contribution in [0.3, 0.4) is 0 Å². The van der Waals surface area contributed by atoms with Crippen LogP contribution in [0.4, 0.5) is 17.1 Å². The average Bonchev–Trinajstić information content (AvgIpc) is 3.64. The molecule has 0 saturated carbocycles. The zero-order valence-corrected chi connectivity index (χ0v) is 23.2. The lowest BCUT2D eigenvalue weighted by Gasteiger charge is -2.25. The summed E-state index contributed by atoms with van der Waals surface area (Å²) >= 11 is 0. The van der Waals surface area contributed by atoms with Gasteiger partial charge in [-0.25, -0.2) is 0 Å². The zero-order chi connectivity index (χ0) is 28.3. The Bertz CT molecular complexity index is 2450. The van der Waals surface area contributed by atoms with E-state index < -0.39 is 0 Å². The molecule has 0 fully saturated rings. The molecule has 3 nitrogen and oxygen atoms in total. The second-order valence-electron chi connectivity index (χ2n) is 10.9. The van der Waals surface area contributed by atoms with Crippen LogP contribution in [0.5, 0.6) is 0 Å². The molecule has 0 radical (unpaired) electrons. The SMILES string of the molecule is c1ccc(N(c2ccc(-c3cc4oc5ccccc5c4c4ccccc34)cc2)c2cccc3c2oc2ccccc23)cc1. The predicted molar refractivity (Wildman–Crippen MR) is 179 cm³/mol. The lowest BCUT2D eigenvalue weighted by Crippen LogP contribution is -2.10. The van der Waals surface area contributed by atoms with Crippen LogP contribution in [0.1, 0.15) is 0 Å². The molecule has 3 heteroatoms. The van der Waals surface area contributed by atoms with Crippen molar-refractivity contribution in [3.63, 3.8) is 0 Å². The van der Waals surface area contributed by atoms with Crippen LogP contribution in [0.2, 0.25) is 0 Å². The molecular formula is C40H25NO2. The molecule has 0 spiro atoms. The number of anilines is 3. The van der Waals surface area contributed by atoms with E-state index >= 15 is 0 Å². The highest BCUT2D eigenvalue weighted by molar-refractivity contribution is 6.22. The molecule has 43 heavy (non-hydrogen) atoms. The molecule has 9 aromatic rings. The Morgan fingerprint density at radius 2 is 1.00 bits per heavy atom. The predicted octanol–water partition coefficient (Wildman–Crippen LogP) is 11.8. The lowest BCUT2D eigenvalue weighted by molar-refractivity contribution is 0.669. The van der Waals surface area contributed by atoms with E-state index in [1.807, 2.05) is 30.3 Å². The molecular weight excluding hydrogens is 526 g/mol. The first-order valence-electron chi connectivity index (χ1n) is 14.5. The second kappa shape index (κ2) is 9.37. The number of rotatable bonds is 4. The third-order valence-electron chi connectivity index (χ3n) is 8.46. The van der Waals surface area contributed by atoms with Gasteiger partial charge in [-0.2, -0.15) is 0 Å². The smallest absolute Gasteiger partial charge is 0.159 e. The van der Waals surface area contributed by atoms with Crippen molar-refractivity contribution in [3.05, 3.63) is 152 Å². The quantitative estimate of drug-likeness (QED) is 0.218. The van der Waals surface area contributed by atoms with Crippen molar-refractivity contribution in [2.75, 3.05) is 4.90 Å². The molecule has 202 valence electrons. The van der Waals surface area contributed by atoms with Crippen molar-refractivity contribution in [2.24, 2.45) is 0 Å². The van der Waals surface area contributed by atoms with Crippen molar-refractivity contribution in [3.8, 4) is 11.1 Å². The van der Waals surface area contributed by atoms with Gasteiger partial charge in [-0.15, -0.1) is 0 Å².